The van der Waals surface area contributed by atoms with Crippen molar-refractivity contribution in [3.63, 3.8) is 0 Å². The van der Waals surface area contributed by atoms with Crippen molar-refractivity contribution in [3.05, 3.63) is 63.2 Å². The Morgan fingerprint density at radius 2 is 2.17 bits per heavy atom. The molecule has 0 unspecified atom stereocenters. The number of nitro groups is 1. The zero-order chi connectivity index (χ0) is 13.1. The molecule has 0 aliphatic rings. The second kappa shape index (κ2) is 4.89. The Morgan fingerprint density at radius 1 is 1.39 bits per heavy atom. The Bertz CT molecular complexity index is 616. The van der Waals surface area contributed by atoms with E-state index in [9.17, 15) is 14.9 Å². The Kier molecular flexibility index (Phi) is 3.29. The number of hydrogen-bond acceptors (Lipinski definition) is 5. The van der Waals surface area contributed by atoms with E-state index in [2.05, 4.69) is 9.97 Å². The Hall–Kier alpha value is -2.34. The molecule has 0 saturated heterocycles. The zero-order valence-electron chi connectivity index (χ0n) is 8.91. The molecule has 0 spiro atoms. The van der Waals surface area contributed by atoms with E-state index in [0.717, 1.165) is 6.07 Å². The number of rotatable bonds is 3. The van der Waals surface area contributed by atoms with Gasteiger partial charge in [-0.15, -0.1) is 0 Å². The normalized spacial score (nSPS) is 10.1. The van der Waals surface area contributed by atoms with Gasteiger partial charge in [0.25, 0.3) is 5.69 Å². The molecule has 0 aromatic carbocycles. The molecule has 2 aromatic heterocycles. The smallest absolute Gasteiger partial charge is 0.287 e. The van der Waals surface area contributed by atoms with Gasteiger partial charge in [-0.2, -0.15) is 0 Å². The van der Waals surface area contributed by atoms with Crippen molar-refractivity contribution in [1.82, 2.24) is 9.97 Å². The number of pyridine rings is 2. The van der Waals surface area contributed by atoms with Crippen molar-refractivity contribution in [1.29, 1.82) is 0 Å². The molecule has 0 atom stereocenters. The van der Waals surface area contributed by atoms with Crippen LogP contribution in [-0.4, -0.2) is 20.7 Å². The van der Waals surface area contributed by atoms with E-state index in [1.165, 1.54) is 24.7 Å². The lowest BCUT2D eigenvalue weighted by molar-refractivity contribution is -0.385. The van der Waals surface area contributed by atoms with Crippen molar-refractivity contribution in [2.75, 3.05) is 0 Å². The molecule has 18 heavy (non-hydrogen) atoms. The molecule has 0 N–H and O–H groups in total. The molecule has 2 rings (SSSR count). The fourth-order valence-corrected chi connectivity index (χ4v) is 1.53. The van der Waals surface area contributed by atoms with Gasteiger partial charge in [0.1, 0.15) is 0 Å². The summed E-state index contributed by atoms with van der Waals surface area (Å²) in [4.78, 5) is 29.7. The van der Waals surface area contributed by atoms with E-state index in [-0.39, 0.29) is 16.3 Å². The molecular weight excluding hydrogens is 258 g/mol. The highest BCUT2D eigenvalue weighted by atomic mass is 35.5. The molecular formula is C11H6ClN3O3. The van der Waals surface area contributed by atoms with E-state index in [0.29, 0.717) is 0 Å². The van der Waals surface area contributed by atoms with Gasteiger partial charge in [0, 0.05) is 30.2 Å². The van der Waals surface area contributed by atoms with Crippen LogP contribution in [0.4, 0.5) is 5.69 Å². The van der Waals surface area contributed by atoms with Crippen LogP contribution in [0.2, 0.25) is 5.02 Å². The van der Waals surface area contributed by atoms with Crippen molar-refractivity contribution in [3.8, 4) is 0 Å². The number of carbonyl (C=O) groups excluding carboxylic acids is 1. The van der Waals surface area contributed by atoms with Crippen LogP contribution in [0.15, 0.2) is 36.8 Å². The maximum Gasteiger partial charge on any atom is 0.300 e. The minimum Gasteiger partial charge on any atom is -0.287 e. The minimum absolute atomic E-state index is 0.101. The molecule has 0 amide bonds. The molecule has 0 bridgehead atoms. The van der Waals surface area contributed by atoms with Gasteiger partial charge < -0.3 is 0 Å². The van der Waals surface area contributed by atoms with Crippen LogP contribution in [0.3, 0.4) is 0 Å². The largest absolute Gasteiger partial charge is 0.300 e. The Labute approximate surface area is 106 Å². The lowest BCUT2D eigenvalue weighted by atomic mass is 10.1. The summed E-state index contributed by atoms with van der Waals surface area (Å²) in [6.45, 7) is 0. The summed E-state index contributed by atoms with van der Waals surface area (Å²) in [7, 11) is 0. The first kappa shape index (κ1) is 12.1. The predicted octanol–water partition coefficient (Wildman–Crippen LogP) is 2.27. The molecule has 7 heteroatoms. The summed E-state index contributed by atoms with van der Waals surface area (Å²) in [5.74, 6) is -0.563. The fourth-order valence-electron chi connectivity index (χ4n) is 1.38. The summed E-state index contributed by atoms with van der Waals surface area (Å²) in [6, 6.07) is 4.17. The predicted molar refractivity (Wildman–Crippen MR) is 63.6 cm³/mol. The van der Waals surface area contributed by atoms with Gasteiger partial charge in [0.05, 0.1) is 9.95 Å². The number of carbonyl (C=O) groups is 1. The van der Waals surface area contributed by atoms with Crippen molar-refractivity contribution >= 4 is 23.1 Å². The summed E-state index contributed by atoms with van der Waals surface area (Å²) >= 11 is 5.62. The van der Waals surface area contributed by atoms with E-state index < -0.39 is 16.4 Å². The van der Waals surface area contributed by atoms with Gasteiger partial charge in [-0.25, -0.2) is 4.98 Å². The molecule has 0 saturated carbocycles. The third kappa shape index (κ3) is 2.33. The van der Waals surface area contributed by atoms with E-state index in [1.807, 2.05) is 0 Å². The highest BCUT2D eigenvalue weighted by Crippen LogP contribution is 2.22. The summed E-state index contributed by atoms with van der Waals surface area (Å²) < 4.78 is 0. The summed E-state index contributed by atoms with van der Waals surface area (Å²) in [5.41, 5.74) is -0.441. The first-order valence-electron chi connectivity index (χ1n) is 4.84. The lowest BCUT2D eigenvalue weighted by Crippen LogP contribution is -2.08. The quantitative estimate of drug-likeness (QED) is 0.482. The monoisotopic (exact) mass is 263 g/mol. The first-order valence-corrected chi connectivity index (χ1v) is 5.22. The van der Waals surface area contributed by atoms with Crippen LogP contribution in [0.5, 0.6) is 0 Å². The fraction of sp³-hybridized carbons (Fsp3) is 0. The third-order valence-corrected chi connectivity index (χ3v) is 2.38. The van der Waals surface area contributed by atoms with Gasteiger partial charge in [-0.1, -0.05) is 11.6 Å². The first-order chi connectivity index (χ1) is 8.59. The maximum absolute atomic E-state index is 12.0. The standard InChI is InChI=1S/C11H6ClN3O3/c12-8-4-9(15(17)18)10(14-6-8)11(16)7-2-1-3-13-5-7/h1-6H. The van der Waals surface area contributed by atoms with Crippen molar-refractivity contribution < 1.29 is 9.72 Å². The van der Waals surface area contributed by atoms with Crippen LogP contribution >= 0.6 is 11.6 Å². The van der Waals surface area contributed by atoms with E-state index in [1.54, 1.807) is 6.07 Å². The summed E-state index contributed by atoms with van der Waals surface area (Å²) in [5, 5.41) is 11.0. The van der Waals surface area contributed by atoms with Crippen LogP contribution in [-0.2, 0) is 0 Å². The third-order valence-electron chi connectivity index (χ3n) is 2.17. The van der Waals surface area contributed by atoms with Gasteiger partial charge in [-0.05, 0) is 12.1 Å². The molecule has 0 radical (unpaired) electrons. The minimum atomic E-state index is -0.692. The zero-order valence-corrected chi connectivity index (χ0v) is 9.66. The van der Waals surface area contributed by atoms with E-state index >= 15 is 0 Å². The maximum atomic E-state index is 12.0. The SMILES string of the molecule is O=C(c1cccnc1)c1ncc(Cl)cc1[N+](=O)[O-]. The molecule has 90 valence electrons. The van der Waals surface area contributed by atoms with Gasteiger partial charge in [-0.3, -0.25) is 19.9 Å². The average molecular weight is 264 g/mol. The second-order valence-electron chi connectivity index (χ2n) is 3.35. The molecule has 2 aromatic rings. The highest BCUT2D eigenvalue weighted by molar-refractivity contribution is 6.30. The van der Waals surface area contributed by atoms with Crippen LogP contribution in [0.1, 0.15) is 16.1 Å². The topological polar surface area (TPSA) is 86.0 Å². The van der Waals surface area contributed by atoms with Gasteiger partial charge >= 0.3 is 0 Å². The van der Waals surface area contributed by atoms with Crippen LogP contribution < -0.4 is 0 Å². The van der Waals surface area contributed by atoms with Gasteiger partial charge in [0.15, 0.2) is 5.69 Å². The van der Waals surface area contributed by atoms with Gasteiger partial charge in [0.2, 0.25) is 5.78 Å². The van der Waals surface area contributed by atoms with E-state index in [4.69, 9.17) is 11.6 Å². The highest BCUT2D eigenvalue weighted by Gasteiger charge is 2.23. The Balaban J connectivity index is 2.52. The Morgan fingerprint density at radius 3 is 2.78 bits per heavy atom. The van der Waals surface area contributed by atoms with Crippen molar-refractivity contribution in [2.24, 2.45) is 0 Å². The number of ketones is 1. The molecule has 0 fully saturated rings. The average Bonchev–Trinajstić information content (AvgIpc) is 2.39. The molecule has 2 heterocycles. The van der Waals surface area contributed by atoms with Crippen molar-refractivity contribution in [2.45, 2.75) is 0 Å². The van der Waals surface area contributed by atoms with Crippen LogP contribution in [0.25, 0.3) is 0 Å². The number of aromatic nitrogens is 2. The van der Waals surface area contributed by atoms with Crippen LogP contribution in [0, 0.1) is 10.1 Å². The number of nitrogens with zero attached hydrogens (tertiary/aromatic N) is 3. The molecule has 6 nitrogen and oxygen atoms in total. The summed E-state index contributed by atoms with van der Waals surface area (Å²) in [6.07, 6.45) is 4.01. The number of hydrogen-bond donors (Lipinski definition) is 0. The lowest BCUT2D eigenvalue weighted by Gasteiger charge is -2.01. The second-order valence-corrected chi connectivity index (χ2v) is 3.79. The number of halogens is 1. The molecule has 0 aliphatic carbocycles. The molecule has 0 aliphatic heterocycles.